The number of nitrogens with one attached hydrogen (secondary N) is 1. The molecule has 0 saturated carbocycles. The number of rotatable bonds is 5. The van der Waals surface area contributed by atoms with E-state index in [1.54, 1.807) is 12.1 Å². The molecule has 0 heterocycles. The molecule has 0 atom stereocenters. The predicted octanol–water partition coefficient (Wildman–Crippen LogP) is 4.77. The molecule has 0 aliphatic heterocycles. The van der Waals surface area contributed by atoms with Crippen molar-refractivity contribution < 1.29 is 14.3 Å². The van der Waals surface area contributed by atoms with Gasteiger partial charge in [-0.15, -0.1) is 0 Å². The number of hydrogen-bond acceptors (Lipinski definition) is 3. The van der Waals surface area contributed by atoms with Crippen LogP contribution in [0, 0.1) is 13.8 Å². The summed E-state index contributed by atoms with van der Waals surface area (Å²) in [6.07, 6.45) is 0. The summed E-state index contributed by atoms with van der Waals surface area (Å²) in [6.45, 7) is 3.54. The first-order valence-corrected chi connectivity index (χ1v) is 8.72. The van der Waals surface area contributed by atoms with Gasteiger partial charge in [0.1, 0.15) is 0 Å². The second-order valence-corrected chi connectivity index (χ2v) is 6.39. The summed E-state index contributed by atoms with van der Waals surface area (Å²) >= 11 is 0. The van der Waals surface area contributed by atoms with Gasteiger partial charge in [0, 0.05) is 5.69 Å². The normalized spacial score (nSPS) is 10.3. The van der Waals surface area contributed by atoms with Crippen molar-refractivity contribution in [3.63, 3.8) is 0 Å². The van der Waals surface area contributed by atoms with Crippen LogP contribution in [-0.4, -0.2) is 18.5 Å². The zero-order valence-electron chi connectivity index (χ0n) is 15.4. The fourth-order valence-electron chi connectivity index (χ4n) is 2.70. The van der Waals surface area contributed by atoms with Gasteiger partial charge in [-0.2, -0.15) is 0 Å². The van der Waals surface area contributed by atoms with E-state index in [0.29, 0.717) is 5.56 Å². The monoisotopic (exact) mass is 359 g/mol. The highest BCUT2D eigenvalue weighted by molar-refractivity contribution is 5.96. The summed E-state index contributed by atoms with van der Waals surface area (Å²) in [5, 5.41) is 2.77. The van der Waals surface area contributed by atoms with Crippen LogP contribution in [-0.2, 0) is 9.53 Å². The van der Waals surface area contributed by atoms with Gasteiger partial charge >= 0.3 is 5.97 Å². The Labute approximate surface area is 158 Å². The third kappa shape index (κ3) is 4.82. The minimum atomic E-state index is -0.522. The lowest BCUT2D eigenvalue weighted by Gasteiger charge is -2.10. The molecule has 4 nitrogen and oxygen atoms in total. The van der Waals surface area contributed by atoms with Crippen LogP contribution in [0.2, 0.25) is 0 Å². The third-order valence-corrected chi connectivity index (χ3v) is 4.23. The number of amides is 1. The topological polar surface area (TPSA) is 55.4 Å². The van der Waals surface area contributed by atoms with Gasteiger partial charge in [-0.1, -0.05) is 54.6 Å². The van der Waals surface area contributed by atoms with E-state index in [-0.39, 0.29) is 12.5 Å². The zero-order valence-corrected chi connectivity index (χ0v) is 15.4. The lowest BCUT2D eigenvalue weighted by molar-refractivity contribution is -0.119. The van der Waals surface area contributed by atoms with Crippen molar-refractivity contribution in [2.45, 2.75) is 13.8 Å². The van der Waals surface area contributed by atoms with E-state index in [4.69, 9.17) is 4.74 Å². The van der Waals surface area contributed by atoms with Crippen LogP contribution in [0.4, 0.5) is 5.69 Å². The maximum Gasteiger partial charge on any atom is 0.338 e. The van der Waals surface area contributed by atoms with Gasteiger partial charge in [-0.25, -0.2) is 4.79 Å². The van der Waals surface area contributed by atoms with Crippen molar-refractivity contribution in [3.8, 4) is 11.1 Å². The van der Waals surface area contributed by atoms with Crippen molar-refractivity contribution >= 4 is 17.6 Å². The average molecular weight is 359 g/mol. The summed E-state index contributed by atoms with van der Waals surface area (Å²) in [6, 6.07) is 22.8. The first kappa shape index (κ1) is 18.4. The lowest BCUT2D eigenvalue weighted by Crippen LogP contribution is -2.21. The first-order valence-electron chi connectivity index (χ1n) is 8.72. The lowest BCUT2D eigenvalue weighted by atomic mass is 10.0. The molecule has 1 amide bonds. The smallest absolute Gasteiger partial charge is 0.338 e. The largest absolute Gasteiger partial charge is 0.452 e. The zero-order chi connectivity index (χ0) is 19.2. The Morgan fingerprint density at radius 3 is 2.22 bits per heavy atom. The van der Waals surface area contributed by atoms with Crippen LogP contribution < -0.4 is 5.32 Å². The fourth-order valence-corrected chi connectivity index (χ4v) is 2.70. The van der Waals surface area contributed by atoms with Crippen LogP contribution in [0.5, 0.6) is 0 Å². The molecule has 1 N–H and O–H groups in total. The molecule has 0 fully saturated rings. The number of aryl methyl sites for hydroxylation is 2. The number of esters is 1. The maximum absolute atomic E-state index is 12.2. The molecule has 0 bridgehead atoms. The Morgan fingerprint density at radius 1 is 0.852 bits per heavy atom. The van der Waals surface area contributed by atoms with Gasteiger partial charge < -0.3 is 10.1 Å². The van der Waals surface area contributed by atoms with Crippen molar-refractivity contribution in [3.05, 3.63) is 89.5 Å². The molecule has 0 saturated heterocycles. The molecule has 0 aliphatic carbocycles. The highest BCUT2D eigenvalue weighted by atomic mass is 16.5. The molecule has 0 spiro atoms. The molecule has 3 rings (SSSR count). The van der Waals surface area contributed by atoms with Gasteiger partial charge in [0.05, 0.1) is 5.56 Å². The Hall–Kier alpha value is -3.40. The molecule has 4 heteroatoms. The van der Waals surface area contributed by atoms with Crippen LogP contribution in [0.3, 0.4) is 0 Å². The van der Waals surface area contributed by atoms with Gasteiger partial charge in [0.25, 0.3) is 5.91 Å². The standard InChI is InChI=1S/C23H21NO3/c1-16-8-9-17(2)21(14-16)24-22(25)15-27-23(26)20-12-10-19(11-13-20)18-6-4-3-5-7-18/h3-14H,15H2,1-2H3,(H,24,25). The number of carbonyl (C=O) groups excluding carboxylic acids is 2. The SMILES string of the molecule is Cc1ccc(C)c(NC(=O)COC(=O)c2ccc(-c3ccccc3)cc2)c1. The first-order chi connectivity index (χ1) is 13.0. The van der Waals surface area contributed by atoms with Gasteiger partial charge in [-0.05, 0) is 54.3 Å². The number of carbonyl (C=O) groups is 2. The maximum atomic E-state index is 12.2. The van der Waals surface area contributed by atoms with Crippen molar-refractivity contribution in [1.29, 1.82) is 0 Å². The second kappa shape index (κ2) is 8.32. The summed E-state index contributed by atoms with van der Waals surface area (Å²) in [7, 11) is 0. The number of benzene rings is 3. The third-order valence-electron chi connectivity index (χ3n) is 4.23. The van der Waals surface area contributed by atoms with Crippen molar-refractivity contribution in [1.82, 2.24) is 0 Å². The molecular formula is C23H21NO3. The van der Waals surface area contributed by atoms with Gasteiger partial charge in [0.2, 0.25) is 0 Å². The summed E-state index contributed by atoms with van der Waals surface area (Å²) in [5.41, 5.74) is 5.23. The molecule has 27 heavy (non-hydrogen) atoms. The minimum Gasteiger partial charge on any atom is -0.452 e. The predicted molar refractivity (Wildman–Crippen MR) is 107 cm³/mol. The van der Waals surface area contributed by atoms with E-state index in [2.05, 4.69) is 5.32 Å². The summed E-state index contributed by atoms with van der Waals surface area (Å²) in [4.78, 5) is 24.2. The summed E-state index contributed by atoms with van der Waals surface area (Å²) < 4.78 is 5.13. The Morgan fingerprint density at radius 2 is 1.52 bits per heavy atom. The Bertz CT molecular complexity index is 947. The van der Waals surface area contributed by atoms with E-state index in [9.17, 15) is 9.59 Å². The molecule has 3 aromatic carbocycles. The number of hydrogen-bond donors (Lipinski definition) is 1. The molecule has 0 aliphatic rings. The molecule has 0 radical (unpaired) electrons. The van der Waals surface area contributed by atoms with E-state index in [0.717, 1.165) is 27.9 Å². The van der Waals surface area contributed by atoms with Gasteiger partial charge in [-0.3, -0.25) is 4.79 Å². The molecule has 3 aromatic rings. The van der Waals surface area contributed by atoms with Crippen LogP contribution in [0.25, 0.3) is 11.1 Å². The highest BCUT2D eigenvalue weighted by Crippen LogP contribution is 2.20. The quantitative estimate of drug-likeness (QED) is 0.668. The number of ether oxygens (including phenoxy) is 1. The van der Waals surface area contributed by atoms with Crippen LogP contribution in [0.15, 0.2) is 72.8 Å². The Kier molecular flexibility index (Phi) is 5.67. The Balaban J connectivity index is 1.57. The molecule has 0 unspecified atom stereocenters. The fraction of sp³-hybridized carbons (Fsp3) is 0.130. The van der Waals surface area contributed by atoms with Crippen molar-refractivity contribution in [2.75, 3.05) is 11.9 Å². The van der Waals surface area contributed by atoms with Crippen molar-refractivity contribution in [2.24, 2.45) is 0 Å². The average Bonchev–Trinajstić information content (AvgIpc) is 2.70. The molecule has 0 aromatic heterocycles. The van der Waals surface area contributed by atoms with Gasteiger partial charge in [0.15, 0.2) is 6.61 Å². The van der Waals surface area contributed by atoms with Crippen LogP contribution >= 0.6 is 0 Å². The molecular weight excluding hydrogens is 338 g/mol. The summed E-state index contributed by atoms with van der Waals surface area (Å²) in [5.74, 6) is -0.885. The number of anilines is 1. The molecule has 136 valence electrons. The highest BCUT2D eigenvalue weighted by Gasteiger charge is 2.11. The van der Waals surface area contributed by atoms with E-state index >= 15 is 0 Å². The van der Waals surface area contributed by atoms with Crippen LogP contribution in [0.1, 0.15) is 21.5 Å². The minimum absolute atomic E-state index is 0.327. The van der Waals surface area contributed by atoms with E-state index in [1.807, 2.05) is 74.5 Å². The second-order valence-electron chi connectivity index (χ2n) is 6.39. The van der Waals surface area contributed by atoms with E-state index < -0.39 is 5.97 Å². The van der Waals surface area contributed by atoms with E-state index in [1.165, 1.54) is 0 Å².